The van der Waals surface area contributed by atoms with E-state index in [9.17, 15) is 0 Å². The summed E-state index contributed by atoms with van der Waals surface area (Å²) in [7, 11) is 0. The van der Waals surface area contributed by atoms with Crippen molar-refractivity contribution in [3.05, 3.63) is 182 Å². The Hall–Kier alpha value is -7.50. The second kappa shape index (κ2) is 11.5. The molecule has 256 valence electrons. The second-order valence-corrected chi connectivity index (χ2v) is 14.2. The molecule has 8 aromatic carbocycles. The van der Waals surface area contributed by atoms with Crippen LogP contribution in [0.1, 0.15) is 0 Å². The van der Waals surface area contributed by atoms with Gasteiger partial charge in [-0.05, 0) is 77.2 Å². The van der Waals surface area contributed by atoms with Crippen molar-refractivity contribution >= 4 is 76.6 Å². The van der Waals surface area contributed by atoms with E-state index in [4.69, 9.17) is 14.4 Å². The number of nitrogens with zero attached hydrogens (tertiary/aromatic N) is 4. The zero-order chi connectivity index (χ0) is 36.0. The van der Waals surface area contributed by atoms with Crippen molar-refractivity contribution in [1.29, 1.82) is 0 Å². The summed E-state index contributed by atoms with van der Waals surface area (Å²) in [6.07, 6.45) is 1.82. The van der Waals surface area contributed by atoms with E-state index in [1.54, 1.807) is 0 Å². The molecular weight excluding hydrogens is 673 g/mol. The lowest BCUT2D eigenvalue weighted by Crippen LogP contribution is -1.95. The van der Waals surface area contributed by atoms with E-state index in [0.717, 1.165) is 60.9 Å². The first-order valence-electron chi connectivity index (χ1n) is 18.6. The Morgan fingerprint density at radius 3 is 1.89 bits per heavy atom. The number of hydrogen-bond acceptors (Lipinski definition) is 3. The number of furan rings is 1. The first kappa shape index (κ1) is 30.0. The Morgan fingerprint density at radius 2 is 1.04 bits per heavy atom. The van der Waals surface area contributed by atoms with Crippen LogP contribution in [0.15, 0.2) is 187 Å². The second-order valence-electron chi connectivity index (χ2n) is 14.2. The van der Waals surface area contributed by atoms with E-state index in [-0.39, 0.29) is 0 Å². The minimum Gasteiger partial charge on any atom is -0.436 e. The third kappa shape index (κ3) is 4.47. The highest BCUT2D eigenvalue weighted by Crippen LogP contribution is 2.39. The van der Waals surface area contributed by atoms with E-state index in [0.29, 0.717) is 5.71 Å². The van der Waals surface area contributed by atoms with Crippen LogP contribution >= 0.6 is 0 Å². The molecule has 0 amide bonds. The molecule has 0 unspecified atom stereocenters. The molecule has 0 aliphatic carbocycles. The van der Waals surface area contributed by atoms with E-state index in [1.165, 1.54) is 43.7 Å². The molecule has 4 aromatic heterocycles. The molecule has 0 saturated heterocycles. The molecule has 4 heterocycles. The van der Waals surface area contributed by atoms with E-state index in [1.807, 2.05) is 18.3 Å². The smallest absolute Gasteiger partial charge is 0.246 e. The van der Waals surface area contributed by atoms with Gasteiger partial charge in [0.15, 0.2) is 0 Å². The molecule has 0 radical (unpaired) electrons. The topological polar surface area (TPSA) is 48.8 Å². The van der Waals surface area contributed by atoms with Gasteiger partial charge in [0.1, 0.15) is 11.1 Å². The summed E-state index contributed by atoms with van der Waals surface area (Å²) < 4.78 is 11.0. The van der Waals surface area contributed by atoms with Crippen molar-refractivity contribution in [2.45, 2.75) is 0 Å². The summed E-state index contributed by atoms with van der Waals surface area (Å²) in [4.78, 5) is 9.90. The Balaban J connectivity index is 1.01. The predicted molar refractivity (Wildman–Crippen MR) is 226 cm³/mol. The monoisotopic (exact) mass is 702 g/mol. The number of para-hydroxylation sites is 3. The minimum absolute atomic E-state index is 0.545. The van der Waals surface area contributed by atoms with E-state index < -0.39 is 0 Å². The lowest BCUT2D eigenvalue weighted by atomic mass is 10.0. The van der Waals surface area contributed by atoms with Gasteiger partial charge in [0.2, 0.25) is 5.71 Å². The molecule has 12 aromatic rings. The first-order valence-corrected chi connectivity index (χ1v) is 18.6. The van der Waals surface area contributed by atoms with Gasteiger partial charge in [-0.3, -0.25) is 0 Å². The minimum atomic E-state index is 0.545. The normalized spacial score (nSPS) is 12.0. The Kier molecular flexibility index (Phi) is 6.27. The maximum absolute atomic E-state index is 6.27. The van der Waals surface area contributed by atoms with Gasteiger partial charge in [0.25, 0.3) is 0 Å². The zero-order valence-corrected chi connectivity index (χ0v) is 29.5. The average molecular weight is 703 g/mol. The molecule has 0 bridgehead atoms. The molecule has 0 N–H and O–H groups in total. The average Bonchev–Trinajstić information content (AvgIpc) is 3.91. The molecule has 0 saturated carbocycles. The molecular formula is C50H30N4O. The molecule has 55 heavy (non-hydrogen) atoms. The van der Waals surface area contributed by atoms with Crippen LogP contribution < -0.4 is 0 Å². The quantitative estimate of drug-likeness (QED) is 0.183. The van der Waals surface area contributed by atoms with Crippen molar-refractivity contribution in [2.75, 3.05) is 0 Å². The fourth-order valence-electron chi connectivity index (χ4n) is 8.64. The fourth-order valence-corrected chi connectivity index (χ4v) is 8.64. The number of hydrogen-bond donors (Lipinski definition) is 0. The molecule has 5 nitrogen and oxygen atoms in total. The van der Waals surface area contributed by atoms with Gasteiger partial charge in [0, 0.05) is 49.3 Å². The van der Waals surface area contributed by atoms with Crippen LogP contribution in [0.25, 0.3) is 110 Å². The lowest BCUT2D eigenvalue weighted by Gasteiger charge is -2.11. The summed E-state index contributed by atoms with van der Waals surface area (Å²) in [5, 5.41) is 8.08. The van der Waals surface area contributed by atoms with Gasteiger partial charge in [-0.1, -0.05) is 115 Å². The number of fused-ring (bicyclic) bond motifs is 11. The zero-order valence-electron chi connectivity index (χ0n) is 29.5. The van der Waals surface area contributed by atoms with E-state index >= 15 is 0 Å². The fraction of sp³-hybridized carbons (Fsp3) is 0. The van der Waals surface area contributed by atoms with Crippen molar-refractivity contribution < 1.29 is 4.42 Å². The van der Waals surface area contributed by atoms with Gasteiger partial charge >= 0.3 is 0 Å². The molecule has 0 atom stereocenters. The van der Waals surface area contributed by atoms with Gasteiger partial charge in [-0.25, -0.2) is 9.97 Å². The molecule has 0 aliphatic rings. The summed E-state index contributed by atoms with van der Waals surface area (Å²) >= 11 is 0. The van der Waals surface area contributed by atoms with Crippen LogP contribution in [-0.2, 0) is 0 Å². The van der Waals surface area contributed by atoms with Crippen LogP contribution in [0.2, 0.25) is 0 Å². The third-order valence-corrected chi connectivity index (χ3v) is 11.2. The van der Waals surface area contributed by atoms with Crippen LogP contribution in [0.4, 0.5) is 0 Å². The first-order chi connectivity index (χ1) is 27.3. The number of rotatable bonds is 4. The molecule has 5 heteroatoms. The maximum Gasteiger partial charge on any atom is 0.246 e. The molecule has 12 rings (SSSR count). The number of aromatic nitrogens is 4. The Bertz CT molecular complexity index is 3500. The highest BCUT2D eigenvalue weighted by atomic mass is 16.3. The molecule has 0 aliphatic heterocycles. The van der Waals surface area contributed by atoms with Crippen molar-refractivity contribution in [2.24, 2.45) is 0 Å². The van der Waals surface area contributed by atoms with Crippen LogP contribution in [-0.4, -0.2) is 19.1 Å². The van der Waals surface area contributed by atoms with Gasteiger partial charge in [-0.15, -0.1) is 0 Å². The SMILES string of the molecule is c1ccc(-n2c3ccccc3c3cc(-c4ccc5c6ccccc6n(-c6cccc(-c7cnc8oc9c%10ccccc%10ccc9c8n7)c6)c5c4)ccc32)cc1. The predicted octanol–water partition coefficient (Wildman–Crippen LogP) is 13.1. The van der Waals surface area contributed by atoms with Crippen molar-refractivity contribution in [1.82, 2.24) is 19.1 Å². The summed E-state index contributed by atoms with van der Waals surface area (Å²) in [6.45, 7) is 0. The highest BCUT2D eigenvalue weighted by Gasteiger charge is 2.18. The van der Waals surface area contributed by atoms with Crippen LogP contribution in [0.3, 0.4) is 0 Å². The van der Waals surface area contributed by atoms with Crippen molar-refractivity contribution in [3.8, 4) is 33.8 Å². The van der Waals surface area contributed by atoms with Crippen LogP contribution in [0, 0.1) is 0 Å². The Morgan fingerprint density at radius 1 is 0.400 bits per heavy atom. The molecule has 0 spiro atoms. The molecule has 0 fully saturated rings. The Labute approximate surface area is 315 Å². The van der Waals surface area contributed by atoms with Gasteiger partial charge < -0.3 is 13.6 Å². The largest absolute Gasteiger partial charge is 0.436 e. The third-order valence-electron chi connectivity index (χ3n) is 11.2. The summed E-state index contributed by atoms with van der Waals surface area (Å²) in [6, 6.07) is 62.8. The maximum atomic E-state index is 6.27. The standard InChI is InChI=1S/C50H30N4O/c1-2-13-35(14-3-1)53-45-20-9-7-18-39(45)42-28-32(23-26-46(42)53)33-22-24-40-38-17-6-8-19-44(38)54(47(40)29-33)36-15-10-12-34(27-36)43-30-51-50-48(52-43)41-25-21-31-11-4-5-16-37(31)49(41)55-50/h1-30H. The van der Waals surface area contributed by atoms with Gasteiger partial charge in [0.05, 0.1) is 34.0 Å². The van der Waals surface area contributed by atoms with Crippen molar-refractivity contribution in [3.63, 3.8) is 0 Å². The highest BCUT2D eigenvalue weighted by molar-refractivity contribution is 6.14. The number of benzene rings is 8. The van der Waals surface area contributed by atoms with Crippen LogP contribution in [0.5, 0.6) is 0 Å². The van der Waals surface area contributed by atoms with E-state index in [2.05, 4.69) is 173 Å². The van der Waals surface area contributed by atoms with Gasteiger partial charge in [-0.2, -0.15) is 0 Å². The summed E-state index contributed by atoms with van der Waals surface area (Å²) in [5.41, 5.74) is 13.2. The summed E-state index contributed by atoms with van der Waals surface area (Å²) in [5.74, 6) is 0. The lowest BCUT2D eigenvalue weighted by molar-refractivity contribution is 0.656.